The number of amides is 1. The Morgan fingerprint density at radius 1 is 0.903 bits per heavy atom. The second-order valence-electron chi connectivity index (χ2n) is 7.07. The minimum Gasteiger partial charge on any atom is -0.354 e. The van der Waals surface area contributed by atoms with Crippen molar-refractivity contribution in [1.82, 2.24) is 9.29 Å². The number of carbonyl (C=O) groups is 1. The predicted molar refractivity (Wildman–Crippen MR) is 121 cm³/mol. The average Bonchev–Trinajstić information content (AvgIpc) is 2.80. The summed E-state index contributed by atoms with van der Waals surface area (Å²) >= 11 is 5.86. The number of hydrogen-bond donors (Lipinski definition) is 1. The summed E-state index contributed by atoms with van der Waals surface area (Å²) < 4.78 is 27.1. The highest BCUT2D eigenvalue weighted by Crippen LogP contribution is 2.22. The highest BCUT2D eigenvalue weighted by Gasteiger charge is 2.28. The van der Waals surface area contributed by atoms with E-state index in [4.69, 9.17) is 11.6 Å². The minimum atomic E-state index is -3.55. The lowest BCUT2D eigenvalue weighted by atomic mass is 10.2. The van der Waals surface area contributed by atoms with Crippen LogP contribution in [0.1, 0.15) is 10.4 Å². The maximum atomic E-state index is 12.8. The molecule has 1 aromatic heterocycles. The molecule has 0 atom stereocenters. The van der Waals surface area contributed by atoms with Crippen LogP contribution in [-0.2, 0) is 10.0 Å². The molecule has 0 unspecified atom stereocenters. The highest BCUT2D eigenvalue weighted by molar-refractivity contribution is 7.89. The molecule has 0 saturated carbocycles. The van der Waals surface area contributed by atoms with Crippen LogP contribution >= 0.6 is 11.6 Å². The molecule has 4 rings (SSSR count). The second kappa shape index (κ2) is 9.05. The number of piperazine rings is 1. The average molecular weight is 457 g/mol. The summed E-state index contributed by atoms with van der Waals surface area (Å²) in [5, 5.41) is 3.32. The van der Waals surface area contributed by atoms with E-state index in [1.165, 1.54) is 16.4 Å². The third kappa shape index (κ3) is 4.87. The molecule has 7 nitrogen and oxygen atoms in total. The zero-order valence-electron chi connectivity index (χ0n) is 16.6. The van der Waals surface area contributed by atoms with Gasteiger partial charge in [0.1, 0.15) is 5.82 Å². The first-order valence-corrected chi connectivity index (χ1v) is 11.6. The van der Waals surface area contributed by atoms with Gasteiger partial charge in [-0.25, -0.2) is 13.4 Å². The van der Waals surface area contributed by atoms with Gasteiger partial charge in [0.15, 0.2) is 0 Å². The molecule has 2 aromatic carbocycles. The van der Waals surface area contributed by atoms with Crippen LogP contribution in [0.25, 0.3) is 0 Å². The number of pyridine rings is 1. The van der Waals surface area contributed by atoms with Crippen LogP contribution in [0.3, 0.4) is 0 Å². The van der Waals surface area contributed by atoms with Crippen molar-refractivity contribution in [3.8, 4) is 0 Å². The Morgan fingerprint density at radius 2 is 1.58 bits per heavy atom. The van der Waals surface area contributed by atoms with Gasteiger partial charge >= 0.3 is 0 Å². The van der Waals surface area contributed by atoms with Crippen LogP contribution in [0.4, 0.5) is 11.5 Å². The summed E-state index contributed by atoms with van der Waals surface area (Å²) in [7, 11) is -3.55. The smallest absolute Gasteiger partial charge is 0.255 e. The Labute approximate surface area is 186 Å². The first-order chi connectivity index (χ1) is 14.9. The van der Waals surface area contributed by atoms with E-state index < -0.39 is 10.0 Å². The van der Waals surface area contributed by atoms with Gasteiger partial charge in [0.05, 0.1) is 16.8 Å². The molecule has 31 heavy (non-hydrogen) atoms. The normalized spacial score (nSPS) is 14.9. The number of halogens is 1. The largest absolute Gasteiger partial charge is 0.354 e. The zero-order chi connectivity index (χ0) is 21.8. The number of rotatable bonds is 5. The maximum Gasteiger partial charge on any atom is 0.255 e. The highest BCUT2D eigenvalue weighted by atomic mass is 35.5. The molecule has 1 aliphatic rings. The van der Waals surface area contributed by atoms with Crippen molar-refractivity contribution >= 4 is 39.0 Å². The molecule has 160 valence electrons. The molecule has 1 aliphatic heterocycles. The molecule has 1 saturated heterocycles. The fourth-order valence-electron chi connectivity index (χ4n) is 3.35. The van der Waals surface area contributed by atoms with Gasteiger partial charge in [-0.3, -0.25) is 4.79 Å². The number of sulfonamides is 1. The molecule has 9 heteroatoms. The van der Waals surface area contributed by atoms with E-state index in [0.29, 0.717) is 42.5 Å². The van der Waals surface area contributed by atoms with Crippen LogP contribution < -0.4 is 10.2 Å². The van der Waals surface area contributed by atoms with Crippen molar-refractivity contribution in [2.24, 2.45) is 0 Å². The first-order valence-electron chi connectivity index (χ1n) is 9.76. The fraction of sp³-hybridized carbons (Fsp3) is 0.182. The standard InChI is InChI=1S/C22H21ClN4O3S/c23-18-6-9-20(10-7-18)31(29,30)27-14-12-26(13-15-27)21-11-8-19(16-24-21)25-22(28)17-4-2-1-3-5-17/h1-11,16H,12-15H2,(H,25,28). The summed E-state index contributed by atoms with van der Waals surface area (Å²) in [4.78, 5) is 18.9. The van der Waals surface area contributed by atoms with Crippen molar-refractivity contribution in [3.63, 3.8) is 0 Å². The number of nitrogens with zero attached hydrogens (tertiary/aromatic N) is 3. The van der Waals surface area contributed by atoms with Gasteiger partial charge in [-0.15, -0.1) is 0 Å². The van der Waals surface area contributed by atoms with Gasteiger partial charge in [-0.05, 0) is 48.5 Å². The van der Waals surface area contributed by atoms with Crippen molar-refractivity contribution in [2.45, 2.75) is 4.90 Å². The summed E-state index contributed by atoms with van der Waals surface area (Å²) in [6.45, 7) is 1.77. The van der Waals surface area contributed by atoms with Gasteiger partial charge in [0, 0.05) is 36.8 Å². The van der Waals surface area contributed by atoms with E-state index in [1.807, 2.05) is 29.2 Å². The molecule has 3 aromatic rings. The number of carbonyl (C=O) groups excluding carboxylic acids is 1. The number of aromatic nitrogens is 1. The molecule has 2 heterocycles. The number of benzene rings is 2. The second-order valence-corrected chi connectivity index (χ2v) is 9.44. The van der Waals surface area contributed by atoms with Crippen molar-refractivity contribution in [3.05, 3.63) is 83.5 Å². The van der Waals surface area contributed by atoms with Crippen LogP contribution in [0.2, 0.25) is 5.02 Å². The lowest BCUT2D eigenvalue weighted by Gasteiger charge is -2.34. The van der Waals surface area contributed by atoms with Crippen molar-refractivity contribution in [1.29, 1.82) is 0 Å². The van der Waals surface area contributed by atoms with E-state index in [1.54, 1.807) is 36.5 Å². The molecule has 0 radical (unpaired) electrons. The molecular formula is C22H21ClN4O3S. The van der Waals surface area contributed by atoms with E-state index >= 15 is 0 Å². The van der Waals surface area contributed by atoms with Crippen LogP contribution in [-0.4, -0.2) is 49.8 Å². The van der Waals surface area contributed by atoms with Crippen LogP contribution in [0.15, 0.2) is 77.8 Å². The topological polar surface area (TPSA) is 82.6 Å². The lowest BCUT2D eigenvalue weighted by Crippen LogP contribution is -2.48. The van der Waals surface area contributed by atoms with Gasteiger partial charge < -0.3 is 10.2 Å². The van der Waals surface area contributed by atoms with Crippen LogP contribution in [0.5, 0.6) is 0 Å². The molecule has 0 spiro atoms. The molecule has 1 amide bonds. The summed E-state index contributed by atoms with van der Waals surface area (Å²) in [5.41, 5.74) is 1.17. The van der Waals surface area contributed by atoms with E-state index in [0.717, 1.165) is 5.82 Å². The maximum absolute atomic E-state index is 12.8. The Kier molecular flexibility index (Phi) is 6.22. The van der Waals surface area contributed by atoms with Gasteiger partial charge in [0.25, 0.3) is 5.91 Å². The van der Waals surface area contributed by atoms with E-state index in [-0.39, 0.29) is 10.8 Å². The number of anilines is 2. The Hall–Kier alpha value is -2.94. The SMILES string of the molecule is O=C(Nc1ccc(N2CCN(S(=O)(=O)c3ccc(Cl)cc3)CC2)nc1)c1ccccc1. The monoisotopic (exact) mass is 456 g/mol. The third-order valence-electron chi connectivity index (χ3n) is 5.06. The minimum absolute atomic E-state index is 0.198. The molecule has 0 aliphatic carbocycles. The molecular weight excluding hydrogens is 436 g/mol. The predicted octanol–water partition coefficient (Wildman–Crippen LogP) is 3.50. The van der Waals surface area contributed by atoms with E-state index in [9.17, 15) is 13.2 Å². The van der Waals surface area contributed by atoms with Gasteiger partial charge in [-0.2, -0.15) is 4.31 Å². The summed E-state index contributed by atoms with van der Waals surface area (Å²) in [6, 6.07) is 18.8. The van der Waals surface area contributed by atoms with E-state index in [2.05, 4.69) is 10.3 Å². The molecule has 1 N–H and O–H groups in total. The number of nitrogens with one attached hydrogen (secondary N) is 1. The first kappa shape index (κ1) is 21.3. The van der Waals surface area contributed by atoms with Crippen molar-refractivity contribution < 1.29 is 13.2 Å². The Bertz CT molecular complexity index is 1150. The quantitative estimate of drug-likeness (QED) is 0.635. The summed E-state index contributed by atoms with van der Waals surface area (Å²) in [5.74, 6) is 0.539. The summed E-state index contributed by atoms with van der Waals surface area (Å²) in [6.07, 6.45) is 1.60. The zero-order valence-corrected chi connectivity index (χ0v) is 18.2. The van der Waals surface area contributed by atoms with Gasteiger partial charge in [-0.1, -0.05) is 29.8 Å². The fourth-order valence-corrected chi connectivity index (χ4v) is 4.90. The third-order valence-corrected chi connectivity index (χ3v) is 7.22. The Morgan fingerprint density at radius 3 is 2.19 bits per heavy atom. The molecule has 0 bridgehead atoms. The van der Waals surface area contributed by atoms with Crippen LogP contribution in [0, 0.1) is 0 Å². The van der Waals surface area contributed by atoms with Gasteiger partial charge in [0.2, 0.25) is 10.0 Å². The Balaban J connectivity index is 1.36. The van der Waals surface area contributed by atoms with Crippen molar-refractivity contribution in [2.75, 3.05) is 36.4 Å². The molecule has 1 fully saturated rings. The number of hydrogen-bond acceptors (Lipinski definition) is 5. The lowest BCUT2D eigenvalue weighted by molar-refractivity contribution is 0.102.